The highest BCUT2D eigenvalue weighted by molar-refractivity contribution is 8.35. The van der Waals surface area contributed by atoms with Crippen LogP contribution in [0.25, 0.3) is 21.5 Å². The maximum absolute atomic E-state index is 12.7. The third kappa shape index (κ3) is 4.89. The fraction of sp³-hybridized carbons (Fsp3) is 0.138. The second-order valence-electron chi connectivity index (χ2n) is 9.07. The molecule has 0 aliphatic carbocycles. The van der Waals surface area contributed by atoms with Crippen LogP contribution in [0.4, 0.5) is 22.1 Å². The first kappa shape index (κ1) is 25.8. The van der Waals surface area contributed by atoms with E-state index < -0.39 is 0 Å². The Morgan fingerprint density at radius 2 is 1.51 bits per heavy atom. The van der Waals surface area contributed by atoms with E-state index >= 15 is 0 Å². The molecule has 0 saturated carbocycles. The molecule has 1 fully saturated rings. The largest absolute Gasteiger partial charge is 0.302 e. The normalized spacial score (nSPS) is 14.6. The molecule has 0 radical (unpaired) electrons. The Morgan fingerprint density at radius 3 is 2.13 bits per heavy atom. The number of anilines is 3. The van der Waals surface area contributed by atoms with Crippen LogP contribution in [0.1, 0.15) is 18.1 Å². The van der Waals surface area contributed by atoms with Crippen molar-refractivity contribution in [3.8, 4) is 10.4 Å². The van der Waals surface area contributed by atoms with Gasteiger partial charge < -0.3 is 4.90 Å². The molecule has 1 aliphatic rings. The predicted molar refractivity (Wildman–Crippen MR) is 170 cm³/mol. The molecule has 0 N–H and O–H groups in total. The first-order chi connectivity index (χ1) is 18.9. The number of amides is 1. The zero-order chi connectivity index (χ0) is 27.1. The van der Waals surface area contributed by atoms with Crippen LogP contribution >= 0.6 is 47.0 Å². The highest BCUT2D eigenvalue weighted by atomic mass is 32.2. The molecule has 194 valence electrons. The number of hydrogen-bond acceptors (Lipinski definition) is 9. The van der Waals surface area contributed by atoms with Crippen LogP contribution in [0.3, 0.4) is 0 Å². The van der Waals surface area contributed by atoms with Gasteiger partial charge in [-0.25, -0.2) is 4.99 Å². The molecule has 0 atom stereocenters. The van der Waals surface area contributed by atoms with Gasteiger partial charge in [-0.05, 0) is 81.1 Å². The lowest BCUT2D eigenvalue weighted by molar-refractivity contribution is -0.119. The van der Waals surface area contributed by atoms with Crippen LogP contribution in [0.2, 0.25) is 0 Å². The quantitative estimate of drug-likeness (QED) is 0.186. The number of nitrogens with zero attached hydrogens (tertiary/aromatic N) is 5. The van der Waals surface area contributed by atoms with E-state index in [1.807, 2.05) is 19.1 Å². The fourth-order valence-electron chi connectivity index (χ4n) is 4.36. The molecule has 3 aromatic carbocycles. The summed E-state index contributed by atoms with van der Waals surface area (Å²) < 4.78 is 9.68. The van der Waals surface area contributed by atoms with Crippen molar-refractivity contribution >= 4 is 95.4 Å². The zero-order valence-electron chi connectivity index (χ0n) is 21.4. The van der Waals surface area contributed by atoms with Crippen molar-refractivity contribution in [2.24, 2.45) is 4.99 Å². The first-order valence-corrected chi connectivity index (χ1v) is 15.1. The number of aromatic nitrogens is 2. The maximum atomic E-state index is 12.7. The van der Waals surface area contributed by atoms with Crippen molar-refractivity contribution in [3.05, 3.63) is 83.9 Å². The molecule has 0 unspecified atom stereocenters. The van der Waals surface area contributed by atoms with Crippen molar-refractivity contribution in [3.63, 3.8) is 0 Å². The van der Waals surface area contributed by atoms with Gasteiger partial charge in [-0.2, -0.15) is 8.75 Å². The molecule has 0 bridgehead atoms. The molecule has 39 heavy (non-hydrogen) atoms. The lowest BCUT2D eigenvalue weighted by atomic mass is 10.1. The number of aliphatic imine (C=N–C) groups is 1. The predicted octanol–water partition coefficient (Wildman–Crippen LogP) is 8.42. The Hall–Kier alpha value is -3.44. The Labute approximate surface area is 244 Å². The number of hydrogen-bond donors (Lipinski definition) is 0. The third-order valence-corrected chi connectivity index (χ3v) is 9.38. The topological polar surface area (TPSA) is 61.7 Å². The number of thiophene rings is 1. The SMILES string of the molecule is CCN1C(=O)C(=Nc2ccc(-c3ccc(N(c4ccc(C)cc4)c4ccc(C)cc4)s3)c3nsnc23)SC1=S. The average Bonchev–Trinajstić information content (AvgIpc) is 3.67. The van der Waals surface area contributed by atoms with Crippen molar-refractivity contribution in [1.29, 1.82) is 0 Å². The van der Waals surface area contributed by atoms with Crippen LogP contribution in [0.5, 0.6) is 0 Å². The Morgan fingerprint density at radius 1 is 0.872 bits per heavy atom. The molecule has 2 aromatic heterocycles. The Bertz CT molecular complexity index is 1690. The van der Waals surface area contributed by atoms with Crippen LogP contribution in [0.15, 0.2) is 77.8 Å². The summed E-state index contributed by atoms with van der Waals surface area (Å²) in [4.78, 5) is 22.3. The van der Waals surface area contributed by atoms with E-state index in [-0.39, 0.29) is 5.91 Å². The van der Waals surface area contributed by atoms with E-state index in [0.29, 0.717) is 27.1 Å². The monoisotopic (exact) mass is 585 g/mol. The molecule has 1 saturated heterocycles. The molecule has 6 rings (SSSR count). The van der Waals surface area contributed by atoms with Crippen LogP contribution < -0.4 is 4.90 Å². The fourth-order valence-corrected chi connectivity index (χ4v) is 7.28. The van der Waals surface area contributed by atoms with Gasteiger partial charge in [-0.3, -0.25) is 9.69 Å². The average molecular weight is 586 g/mol. The second kappa shape index (κ2) is 10.6. The molecule has 5 aromatic rings. The molecule has 3 heterocycles. The molecule has 0 spiro atoms. The third-order valence-electron chi connectivity index (χ3n) is 6.43. The number of benzene rings is 3. The van der Waals surface area contributed by atoms with Gasteiger partial charge in [0.2, 0.25) is 0 Å². The Kier molecular flexibility index (Phi) is 7.03. The molecular formula is C29H23N5OS4. The van der Waals surface area contributed by atoms with Crippen molar-refractivity contribution in [2.45, 2.75) is 20.8 Å². The van der Waals surface area contributed by atoms with Crippen LogP contribution in [0, 0.1) is 13.8 Å². The minimum atomic E-state index is -0.164. The minimum absolute atomic E-state index is 0.164. The highest BCUT2D eigenvalue weighted by Crippen LogP contribution is 2.44. The van der Waals surface area contributed by atoms with Gasteiger partial charge in [-0.15, -0.1) is 11.3 Å². The molecular weight excluding hydrogens is 563 g/mol. The van der Waals surface area contributed by atoms with Crippen LogP contribution in [-0.4, -0.2) is 35.5 Å². The van der Waals surface area contributed by atoms with E-state index in [1.165, 1.54) is 22.9 Å². The second-order valence-corrected chi connectivity index (χ2v) is 12.3. The van der Waals surface area contributed by atoms with Gasteiger partial charge in [0.25, 0.3) is 5.91 Å². The Balaban J connectivity index is 1.39. The minimum Gasteiger partial charge on any atom is -0.302 e. The summed E-state index contributed by atoms with van der Waals surface area (Å²) in [6.07, 6.45) is 0. The summed E-state index contributed by atoms with van der Waals surface area (Å²) in [6, 6.07) is 25.3. The molecule has 10 heteroatoms. The molecule has 1 amide bonds. The maximum Gasteiger partial charge on any atom is 0.284 e. The van der Waals surface area contributed by atoms with E-state index in [4.69, 9.17) is 12.2 Å². The summed E-state index contributed by atoms with van der Waals surface area (Å²) in [5.74, 6) is -0.164. The van der Waals surface area contributed by atoms with E-state index in [0.717, 1.165) is 44.1 Å². The number of rotatable bonds is 6. The smallest absolute Gasteiger partial charge is 0.284 e. The van der Waals surface area contributed by atoms with Gasteiger partial charge in [0.05, 0.1) is 17.4 Å². The highest BCUT2D eigenvalue weighted by Gasteiger charge is 2.32. The molecule has 1 aliphatic heterocycles. The number of carbonyl (C=O) groups excluding carboxylic acids is 1. The van der Waals surface area contributed by atoms with Gasteiger partial charge >= 0.3 is 0 Å². The number of fused-ring (bicyclic) bond motifs is 1. The summed E-state index contributed by atoms with van der Waals surface area (Å²) in [6.45, 7) is 6.62. The standard InChI is InChI=1S/C29H23N5OS4/c1-4-33-28(35)27(38-29(33)36)30-22-14-13-21(25-26(22)32-39-31-25)23-15-16-24(37-23)34(19-9-5-17(2)6-10-19)20-11-7-18(3)8-12-20/h5-16H,4H2,1-3H3. The lowest BCUT2D eigenvalue weighted by Crippen LogP contribution is -2.29. The summed E-state index contributed by atoms with van der Waals surface area (Å²) in [5.41, 5.74) is 7.71. The van der Waals surface area contributed by atoms with Crippen molar-refractivity contribution in [1.82, 2.24) is 13.6 Å². The van der Waals surface area contributed by atoms with Gasteiger partial charge in [0.1, 0.15) is 20.4 Å². The van der Waals surface area contributed by atoms with E-state index in [9.17, 15) is 4.79 Å². The van der Waals surface area contributed by atoms with Gasteiger partial charge in [0, 0.05) is 28.4 Å². The first-order valence-electron chi connectivity index (χ1n) is 12.3. The summed E-state index contributed by atoms with van der Waals surface area (Å²) in [7, 11) is 0. The van der Waals surface area contributed by atoms with E-state index in [1.54, 1.807) is 16.2 Å². The van der Waals surface area contributed by atoms with Crippen LogP contribution in [-0.2, 0) is 4.79 Å². The number of carbonyl (C=O) groups is 1. The van der Waals surface area contributed by atoms with Gasteiger partial charge in [0.15, 0.2) is 5.04 Å². The molecule has 6 nitrogen and oxygen atoms in total. The summed E-state index contributed by atoms with van der Waals surface area (Å²) >= 11 is 9.41. The number of thioether (sulfide) groups is 1. The number of aryl methyl sites for hydroxylation is 2. The zero-order valence-corrected chi connectivity index (χ0v) is 24.7. The van der Waals surface area contributed by atoms with Gasteiger partial charge in [-0.1, -0.05) is 47.6 Å². The van der Waals surface area contributed by atoms with E-state index in [2.05, 4.69) is 93.2 Å². The van der Waals surface area contributed by atoms with Crippen molar-refractivity contribution in [2.75, 3.05) is 11.4 Å². The van der Waals surface area contributed by atoms with Crippen molar-refractivity contribution < 1.29 is 4.79 Å². The number of thiocarbonyl (C=S) groups is 1. The lowest BCUT2D eigenvalue weighted by Gasteiger charge is -2.24. The summed E-state index contributed by atoms with van der Waals surface area (Å²) in [5, 5.41) is 1.47.